The predicted molar refractivity (Wildman–Crippen MR) is 78.4 cm³/mol. The van der Waals surface area contributed by atoms with Crippen LogP contribution in [0.1, 0.15) is 59.3 Å². The van der Waals surface area contributed by atoms with E-state index in [0.29, 0.717) is 12.5 Å². The second-order valence-corrected chi connectivity index (χ2v) is 4.39. The fourth-order valence-electron chi connectivity index (χ4n) is 1.36. The van der Waals surface area contributed by atoms with Crippen LogP contribution in [0.25, 0.3) is 0 Å². The number of hydrogen-bond donors (Lipinski definition) is 1. The largest absolute Gasteiger partial charge is 0.462 e. The normalized spacial score (nSPS) is 11.1. The molecule has 0 saturated heterocycles. The molecular weight excluding hydrogens is 226 g/mol. The van der Waals surface area contributed by atoms with Crippen LogP contribution in [0.2, 0.25) is 0 Å². The molecule has 1 unspecified atom stereocenters. The summed E-state index contributed by atoms with van der Waals surface area (Å²) in [6, 6.07) is 0. The molecular formula is C15H31NO2. The molecule has 0 heterocycles. The van der Waals surface area contributed by atoms with E-state index >= 15 is 0 Å². The van der Waals surface area contributed by atoms with Gasteiger partial charge in [-0.1, -0.05) is 53.0 Å². The second-order valence-electron chi connectivity index (χ2n) is 4.39. The van der Waals surface area contributed by atoms with Gasteiger partial charge in [-0.2, -0.15) is 0 Å². The molecule has 0 amide bonds. The molecule has 108 valence electrons. The maximum Gasteiger partial charge on any atom is 0.330 e. The summed E-state index contributed by atoms with van der Waals surface area (Å²) in [6.45, 7) is 11.2. The van der Waals surface area contributed by atoms with Crippen molar-refractivity contribution in [2.75, 3.05) is 13.2 Å². The van der Waals surface area contributed by atoms with Crippen molar-refractivity contribution in [1.29, 1.82) is 0 Å². The van der Waals surface area contributed by atoms with Crippen molar-refractivity contribution in [3.05, 3.63) is 12.7 Å². The fraction of sp³-hybridized carbons (Fsp3) is 0.800. The van der Waals surface area contributed by atoms with Crippen LogP contribution in [0.4, 0.5) is 0 Å². The molecule has 3 nitrogen and oxygen atoms in total. The number of rotatable bonds is 9. The van der Waals surface area contributed by atoms with E-state index < -0.39 is 0 Å². The minimum absolute atomic E-state index is 0.310. The van der Waals surface area contributed by atoms with Gasteiger partial charge in [0.05, 0.1) is 6.61 Å². The van der Waals surface area contributed by atoms with Gasteiger partial charge in [0, 0.05) is 6.08 Å². The van der Waals surface area contributed by atoms with Crippen LogP contribution in [0.5, 0.6) is 0 Å². The molecule has 0 aromatic rings. The van der Waals surface area contributed by atoms with E-state index in [-0.39, 0.29) is 5.97 Å². The van der Waals surface area contributed by atoms with Crippen LogP contribution in [0, 0.1) is 5.92 Å². The van der Waals surface area contributed by atoms with Crippen LogP contribution < -0.4 is 5.73 Å². The van der Waals surface area contributed by atoms with Crippen LogP contribution in [0.15, 0.2) is 12.7 Å². The quantitative estimate of drug-likeness (QED) is 0.506. The van der Waals surface area contributed by atoms with E-state index in [1.807, 2.05) is 0 Å². The standard InChI is InChI=1S/C11H20O2.C4H11N/c1-4-7-8-10(5-2)9-13-11(12)6-3;1-2-3-4-5/h6,10H,3-5,7-9H2,1-2H3;2-5H2,1H3. The van der Waals surface area contributed by atoms with E-state index in [9.17, 15) is 4.79 Å². The molecule has 3 heteroatoms. The lowest BCUT2D eigenvalue weighted by Gasteiger charge is -2.13. The zero-order valence-corrected chi connectivity index (χ0v) is 12.4. The molecule has 1 atom stereocenters. The Kier molecular flexibility index (Phi) is 17.5. The second kappa shape index (κ2) is 16.2. The first-order valence-electron chi connectivity index (χ1n) is 7.15. The minimum Gasteiger partial charge on any atom is -0.462 e. The van der Waals surface area contributed by atoms with Gasteiger partial charge in [-0.3, -0.25) is 0 Å². The maximum absolute atomic E-state index is 10.8. The summed E-state index contributed by atoms with van der Waals surface area (Å²) in [5.41, 5.74) is 5.14. The van der Waals surface area contributed by atoms with Gasteiger partial charge in [-0.25, -0.2) is 4.79 Å². The summed E-state index contributed by atoms with van der Waals surface area (Å²) in [7, 11) is 0. The molecule has 0 aliphatic heterocycles. The topological polar surface area (TPSA) is 52.3 Å². The zero-order valence-electron chi connectivity index (χ0n) is 12.4. The molecule has 0 aliphatic carbocycles. The van der Waals surface area contributed by atoms with Crippen LogP contribution >= 0.6 is 0 Å². The third-order valence-corrected chi connectivity index (χ3v) is 2.73. The van der Waals surface area contributed by atoms with Gasteiger partial charge in [0.2, 0.25) is 0 Å². The highest BCUT2D eigenvalue weighted by Gasteiger charge is 2.07. The van der Waals surface area contributed by atoms with Gasteiger partial charge in [0.1, 0.15) is 0 Å². The monoisotopic (exact) mass is 257 g/mol. The fourth-order valence-corrected chi connectivity index (χ4v) is 1.36. The van der Waals surface area contributed by atoms with Crippen molar-refractivity contribution in [3.8, 4) is 0 Å². The third kappa shape index (κ3) is 15.2. The number of hydrogen-bond acceptors (Lipinski definition) is 3. The van der Waals surface area contributed by atoms with Crippen molar-refractivity contribution < 1.29 is 9.53 Å². The first-order chi connectivity index (χ1) is 8.65. The lowest BCUT2D eigenvalue weighted by molar-refractivity contribution is -0.139. The minimum atomic E-state index is -0.310. The van der Waals surface area contributed by atoms with Gasteiger partial charge in [0.25, 0.3) is 0 Å². The van der Waals surface area contributed by atoms with Crippen molar-refractivity contribution in [1.82, 2.24) is 0 Å². The number of carbonyl (C=O) groups is 1. The summed E-state index contributed by atoms with van der Waals surface area (Å²) in [5.74, 6) is 0.207. The van der Waals surface area contributed by atoms with Gasteiger partial charge in [-0.05, 0) is 25.3 Å². The molecule has 0 rings (SSSR count). The van der Waals surface area contributed by atoms with Gasteiger partial charge < -0.3 is 10.5 Å². The Bertz CT molecular complexity index is 191. The number of carbonyl (C=O) groups excluding carboxylic acids is 1. The summed E-state index contributed by atoms with van der Waals surface area (Å²) >= 11 is 0. The van der Waals surface area contributed by atoms with Crippen molar-refractivity contribution in [2.24, 2.45) is 11.7 Å². The number of nitrogens with two attached hydrogens (primary N) is 1. The lowest BCUT2D eigenvalue weighted by Crippen LogP contribution is -2.12. The Balaban J connectivity index is 0. The molecule has 0 aromatic carbocycles. The highest BCUT2D eigenvalue weighted by molar-refractivity contribution is 5.81. The average Bonchev–Trinajstić information content (AvgIpc) is 2.40. The molecule has 0 saturated carbocycles. The smallest absolute Gasteiger partial charge is 0.330 e. The zero-order chi connectivity index (χ0) is 14.2. The molecule has 18 heavy (non-hydrogen) atoms. The number of esters is 1. The summed E-state index contributed by atoms with van der Waals surface area (Å²) in [5, 5.41) is 0. The third-order valence-electron chi connectivity index (χ3n) is 2.73. The molecule has 0 spiro atoms. The maximum atomic E-state index is 10.8. The molecule has 0 aromatic heterocycles. The Labute approximate surface area is 113 Å². The van der Waals surface area contributed by atoms with E-state index in [2.05, 4.69) is 27.4 Å². The van der Waals surface area contributed by atoms with E-state index in [1.54, 1.807) is 0 Å². The Morgan fingerprint density at radius 3 is 2.22 bits per heavy atom. The van der Waals surface area contributed by atoms with E-state index in [1.165, 1.54) is 31.8 Å². The Morgan fingerprint density at radius 2 is 1.89 bits per heavy atom. The van der Waals surface area contributed by atoms with Gasteiger partial charge >= 0.3 is 5.97 Å². The van der Waals surface area contributed by atoms with Gasteiger partial charge in [0.15, 0.2) is 0 Å². The first kappa shape index (κ1) is 19.5. The SMILES string of the molecule is C=CC(=O)OCC(CC)CCCC.CCCCN. The Morgan fingerprint density at radius 1 is 1.28 bits per heavy atom. The lowest BCUT2D eigenvalue weighted by atomic mass is 10.0. The van der Waals surface area contributed by atoms with Gasteiger partial charge in [-0.15, -0.1) is 0 Å². The van der Waals surface area contributed by atoms with Crippen LogP contribution in [-0.2, 0) is 9.53 Å². The summed E-state index contributed by atoms with van der Waals surface area (Å²) in [4.78, 5) is 10.8. The van der Waals surface area contributed by atoms with Crippen molar-refractivity contribution in [3.63, 3.8) is 0 Å². The average molecular weight is 257 g/mol. The molecule has 0 bridgehead atoms. The molecule has 2 N–H and O–H groups in total. The Hall–Kier alpha value is -0.830. The van der Waals surface area contributed by atoms with E-state index in [0.717, 1.165) is 19.4 Å². The summed E-state index contributed by atoms with van der Waals surface area (Å²) < 4.78 is 4.98. The molecule has 0 fully saturated rings. The molecule has 0 radical (unpaired) electrons. The van der Waals surface area contributed by atoms with Crippen LogP contribution in [-0.4, -0.2) is 19.1 Å². The van der Waals surface area contributed by atoms with Crippen LogP contribution in [0.3, 0.4) is 0 Å². The van der Waals surface area contributed by atoms with Crippen molar-refractivity contribution in [2.45, 2.75) is 59.3 Å². The highest BCUT2D eigenvalue weighted by Crippen LogP contribution is 2.12. The number of ether oxygens (including phenoxy) is 1. The van der Waals surface area contributed by atoms with E-state index in [4.69, 9.17) is 10.5 Å². The number of unbranched alkanes of at least 4 members (excludes halogenated alkanes) is 2. The predicted octanol–water partition coefficient (Wildman–Crippen LogP) is 3.68. The summed E-state index contributed by atoms with van der Waals surface area (Å²) in [6.07, 6.45) is 8.24. The molecule has 0 aliphatic rings. The highest BCUT2D eigenvalue weighted by atomic mass is 16.5. The first-order valence-corrected chi connectivity index (χ1v) is 7.15. The van der Waals surface area contributed by atoms with Crippen molar-refractivity contribution >= 4 is 5.97 Å².